The quantitative estimate of drug-likeness (QED) is 0.420. The van der Waals surface area contributed by atoms with Gasteiger partial charge in [0.15, 0.2) is 11.6 Å². The number of urea groups is 1. The number of rotatable bonds is 8. The lowest BCUT2D eigenvalue weighted by molar-refractivity contribution is 0.0288. The Morgan fingerprint density at radius 1 is 0.973 bits per heavy atom. The van der Waals surface area contributed by atoms with Crippen LogP contribution in [0.1, 0.15) is 101 Å². The molecule has 1 N–H and O–H groups in total. The van der Waals surface area contributed by atoms with Gasteiger partial charge in [0.1, 0.15) is 0 Å². The molecule has 2 aromatic heterocycles. The number of benzene rings is 1. The highest BCUT2D eigenvalue weighted by atomic mass is 16.5. The third-order valence-electron chi connectivity index (χ3n) is 9.10. The first-order valence-electron chi connectivity index (χ1n) is 13.9. The summed E-state index contributed by atoms with van der Waals surface area (Å²) < 4.78 is 11.4. The van der Waals surface area contributed by atoms with Crippen molar-refractivity contribution in [2.75, 3.05) is 18.0 Å². The number of anilines is 1. The predicted octanol–water partition coefficient (Wildman–Crippen LogP) is 5.70. The SMILES string of the molecule is CCNC(=O)N(CC12CCC(c3nc(C4CC4)no3)(CC1)CC2)c1cccc(-c2nc(C3CC3)no2)c1. The van der Waals surface area contributed by atoms with Crippen LogP contribution in [-0.4, -0.2) is 39.4 Å². The second kappa shape index (κ2) is 8.67. The molecule has 3 aromatic rings. The normalized spacial score (nSPS) is 26.8. The average Bonchev–Trinajstić information content (AvgIpc) is 3.87. The zero-order chi connectivity index (χ0) is 25.0. The maximum atomic E-state index is 13.3. The number of carbonyl (C=O) groups excluding carboxylic acids is 1. The molecule has 1 aromatic carbocycles. The number of fused-ring (bicyclic) bond motifs is 3. The van der Waals surface area contributed by atoms with Crippen LogP contribution < -0.4 is 10.2 Å². The van der Waals surface area contributed by atoms with E-state index in [4.69, 9.17) is 14.0 Å². The van der Waals surface area contributed by atoms with Crippen LogP contribution >= 0.6 is 0 Å². The molecule has 2 bridgehead atoms. The Balaban J connectivity index is 1.11. The van der Waals surface area contributed by atoms with Gasteiger partial charge < -0.3 is 14.4 Å². The fourth-order valence-electron chi connectivity index (χ4n) is 6.31. The molecule has 0 spiro atoms. The summed E-state index contributed by atoms with van der Waals surface area (Å²) in [6.45, 7) is 3.23. The van der Waals surface area contributed by atoms with E-state index in [9.17, 15) is 4.79 Å². The highest BCUT2D eigenvalue weighted by Crippen LogP contribution is 2.58. The molecule has 0 unspecified atom stereocenters. The third kappa shape index (κ3) is 4.22. The summed E-state index contributed by atoms with van der Waals surface area (Å²) in [6, 6.07) is 7.88. The van der Waals surface area contributed by atoms with Crippen LogP contribution in [0.5, 0.6) is 0 Å². The molecule has 8 rings (SSSR count). The fraction of sp³-hybridized carbons (Fsp3) is 0.607. The Morgan fingerprint density at radius 3 is 2.32 bits per heavy atom. The molecule has 2 amide bonds. The lowest BCUT2D eigenvalue weighted by Crippen LogP contribution is -2.52. The van der Waals surface area contributed by atoms with E-state index in [0.29, 0.717) is 30.8 Å². The molecule has 37 heavy (non-hydrogen) atoms. The second-order valence-electron chi connectivity index (χ2n) is 11.7. The number of hydrogen-bond donors (Lipinski definition) is 1. The highest BCUT2D eigenvalue weighted by Gasteiger charge is 2.53. The van der Waals surface area contributed by atoms with Crippen molar-refractivity contribution in [1.82, 2.24) is 25.6 Å². The van der Waals surface area contributed by atoms with Crippen LogP contribution in [0.2, 0.25) is 0 Å². The number of aromatic nitrogens is 4. The van der Waals surface area contributed by atoms with Crippen LogP contribution in [0.3, 0.4) is 0 Å². The number of nitrogens with zero attached hydrogens (tertiary/aromatic N) is 5. The molecule has 0 atom stereocenters. The van der Waals surface area contributed by atoms with Gasteiger partial charge in [0.05, 0.1) is 0 Å². The smallest absolute Gasteiger partial charge is 0.321 e. The molecule has 9 heteroatoms. The van der Waals surface area contributed by atoms with Gasteiger partial charge in [-0.05, 0) is 94.7 Å². The number of carbonyl (C=O) groups is 1. The Morgan fingerprint density at radius 2 is 1.65 bits per heavy atom. The van der Waals surface area contributed by atoms with E-state index in [0.717, 1.165) is 80.2 Å². The maximum Gasteiger partial charge on any atom is 0.321 e. The summed E-state index contributed by atoms with van der Waals surface area (Å²) in [6.07, 6.45) is 10.9. The summed E-state index contributed by atoms with van der Waals surface area (Å²) in [7, 11) is 0. The Kier molecular flexibility index (Phi) is 5.37. The standard InChI is InChI=1S/C28H34N6O3/c1-2-29-26(35)34(21-5-3-4-20(16-21)24-30-22(32-36-24)18-6-7-18)17-27-10-13-28(14-11-27,15-12-27)25-31-23(33-37-25)19-8-9-19/h3-5,16,18-19H,2,6-15,17H2,1H3,(H,29,35). The molecule has 0 aliphatic heterocycles. The van der Waals surface area contributed by atoms with Gasteiger partial charge in [-0.3, -0.25) is 4.90 Å². The van der Waals surface area contributed by atoms with Gasteiger partial charge in [-0.1, -0.05) is 16.4 Å². The summed E-state index contributed by atoms with van der Waals surface area (Å²) in [5.74, 6) is 4.00. The third-order valence-corrected chi connectivity index (χ3v) is 9.10. The number of amides is 2. The minimum Gasteiger partial charge on any atom is -0.339 e. The minimum atomic E-state index is -0.0633. The Hall–Kier alpha value is -3.23. The second-order valence-corrected chi connectivity index (χ2v) is 11.7. The van der Waals surface area contributed by atoms with Crippen molar-refractivity contribution >= 4 is 11.7 Å². The summed E-state index contributed by atoms with van der Waals surface area (Å²) in [5, 5.41) is 11.5. The molecule has 2 heterocycles. The first-order chi connectivity index (χ1) is 18.1. The molecular formula is C28H34N6O3. The predicted molar refractivity (Wildman–Crippen MR) is 136 cm³/mol. The van der Waals surface area contributed by atoms with Crippen LogP contribution in [0.25, 0.3) is 11.5 Å². The van der Waals surface area contributed by atoms with Gasteiger partial charge in [0, 0.05) is 41.6 Å². The summed E-state index contributed by atoms with van der Waals surface area (Å²) in [4.78, 5) is 24.7. The monoisotopic (exact) mass is 502 g/mol. The molecule has 0 saturated heterocycles. The topological polar surface area (TPSA) is 110 Å². The Bertz CT molecular complexity index is 1280. The van der Waals surface area contributed by atoms with E-state index >= 15 is 0 Å². The molecule has 5 fully saturated rings. The van der Waals surface area contributed by atoms with E-state index in [1.165, 1.54) is 12.8 Å². The highest BCUT2D eigenvalue weighted by molar-refractivity contribution is 5.92. The number of hydrogen-bond acceptors (Lipinski definition) is 7. The van der Waals surface area contributed by atoms with Gasteiger partial charge in [-0.25, -0.2) is 4.79 Å². The first kappa shape index (κ1) is 22.9. The van der Waals surface area contributed by atoms with E-state index < -0.39 is 0 Å². The van der Waals surface area contributed by atoms with Crippen LogP contribution in [-0.2, 0) is 5.41 Å². The van der Waals surface area contributed by atoms with Crippen LogP contribution in [0, 0.1) is 5.41 Å². The molecule has 5 aliphatic rings. The summed E-state index contributed by atoms with van der Waals surface area (Å²) in [5.41, 5.74) is 1.80. The van der Waals surface area contributed by atoms with Crippen molar-refractivity contribution < 1.29 is 13.8 Å². The van der Waals surface area contributed by atoms with E-state index in [-0.39, 0.29) is 16.9 Å². The van der Waals surface area contributed by atoms with Gasteiger partial charge in [0.25, 0.3) is 5.89 Å². The zero-order valence-corrected chi connectivity index (χ0v) is 21.4. The molecule has 5 aliphatic carbocycles. The fourth-order valence-corrected chi connectivity index (χ4v) is 6.31. The largest absolute Gasteiger partial charge is 0.339 e. The summed E-state index contributed by atoms with van der Waals surface area (Å²) >= 11 is 0. The van der Waals surface area contributed by atoms with Crippen molar-refractivity contribution in [2.24, 2.45) is 5.41 Å². The number of nitrogens with one attached hydrogen (secondary N) is 1. The van der Waals surface area contributed by atoms with Crippen LogP contribution in [0.15, 0.2) is 33.3 Å². The van der Waals surface area contributed by atoms with Crippen molar-refractivity contribution in [3.63, 3.8) is 0 Å². The van der Waals surface area contributed by atoms with Crippen molar-refractivity contribution in [3.05, 3.63) is 41.8 Å². The van der Waals surface area contributed by atoms with Gasteiger partial charge in [-0.15, -0.1) is 0 Å². The molecule has 5 saturated carbocycles. The average molecular weight is 503 g/mol. The van der Waals surface area contributed by atoms with Crippen molar-refractivity contribution in [1.29, 1.82) is 0 Å². The van der Waals surface area contributed by atoms with Gasteiger partial charge in [-0.2, -0.15) is 9.97 Å². The van der Waals surface area contributed by atoms with E-state index in [2.05, 4.69) is 20.6 Å². The molecular weight excluding hydrogens is 468 g/mol. The molecule has 9 nitrogen and oxygen atoms in total. The lowest BCUT2D eigenvalue weighted by atomic mass is 9.53. The van der Waals surface area contributed by atoms with Gasteiger partial charge in [0.2, 0.25) is 5.89 Å². The van der Waals surface area contributed by atoms with E-state index in [1.54, 1.807) is 0 Å². The van der Waals surface area contributed by atoms with E-state index in [1.807, 2.05) is 36.1 Å². The Labute approximate surface area is 216 Å². The van der Waals surface area contributed by atoms with Crippen molar-refractivity contribution in [3.8, 4) is 11.5 Å². The van der Waals surface area contributed by atoms with Crippen molar-refractivity contribution in [2.45, 2.75) is 88.4 Å². The molecule has 194 valence electrons. The minimum absolute atomic E-state index is 0.00946. The van der Waals surface area contributed by atoms with Gasteiger partial charge >= 0.3 is 6.03 Å². The van der Waals surface area contributed by atoms with Crippen LogP contribution in [0.4, 0.5) is 10.5 Å². The lowest BCUT2D eigenvalue weighted by Gasteiger charge is -2.53. The molecule has 0 radical (unpaired) electrons. The zero-order valence-electron chi connectivity index (χ0n) is 21.4. The maximum absolute atomic E-state index is 13.3. The first-order valence-corrected chi connectivity index (χ1v) is 13.9.